The number of carbonyl (C=O) groups is 2. The number of thioether (sulfide) groups is 1. The van der Waals surface area contributed by atoms with Crippen molar-refractivity contribution in [3.05, 3.63) is 75.8 Å². The highest BCUT2D eigenvalue weighted by Crippen LogP contribution is 2.48. The van der Waals surface area contributed by atoms with Gasteiger partial charge in [-0.1, -0.05) is 66.1 Å². The Hall–Kier alpha value is -2.39. The maximum Gasteiger partial charge on any atom is 0.266 e. The summed E-state index contributed by atoms with van der Waals surface area (Å²) in [4.78, 5) is 33.0. The second-order valence-electron chi connectivity index (χ2n) is 6.55. The number of amides is 2. The van der Waals surface area contributed by atoms with Gasteiger partial charge in [0, 0.05) is 14.7 Å². The van der Waals surface area contributed by atoms with E-state index in [-0.39, 0.29) is 18.4 Å². The molecule has 2 aliphatic heterocycles. The normalized spacial score (nSPS) is 16.7. The molecule has 0 N–H and O–H groups in total. The summed E-state index contributed by atoms with van der Waals surface area (Å²) in [5.41, 5.74) is 1.65. The lowest BCUT2D eigenvalue weighted by molar-refractivity contribution is -0.127. The number of hydrogen-bond acceptors (Lipinski definition) is 6. The Bertz CT molecular complexity index is 1160. The Labute approximate surface area is 191 Å². The lowest BCUT2D eigenvalue weighted by Crippen LogP contribution is -2.41. The number of thiophene rings is 1. The molecular weight excluding hydrogens is 453 g/mol. The highest BCUT2D eigenvalue weighted by Gasteiger charge is 2.36. The number of fused-ring (bicyclic) bond motifs is 2. The van der Waals surface area contributed by atoms with Crippen LogP contribution in [-0.4, -0.2) is 27.6 Å². The number of hydrogen-bond donors (Lipinski definition) is 0. The number of nitrogens with zero attached hydrogens (tertiary/aromatic N) is 2. The van der Waals surface area contributed by atoms with Crippen molar-refractivity contribution in [3.63, 3.8) is 0 Å². The van der Waals surface area contributed by atoms with Gasteiger partial charge >= 0.3 is 0 Å². The number of benzene rings is 2. The first-order valence-corrected chi connectivity index (χ1v) is 12.0. The van der Waals surface area contributed by atoms with Gasteiger partial charge in [-0.05, 0) is 41.8 Å². The molecule has 1 aromatic heterocycles. The van der Waals surface area contributed by atoms with E-state index in [0.717, 1.165) is 26.0 Å². The fourth-order valence-corrected chi connectivity index (χ4v) is 6.35. The van der Waals surface area contributed by atoms with E-state index in [9.17, 15) is 9.59 Å². The quantitative estimate of drug-likeness (QED) is 0.362. The zero-order valence-electron chi connectivity index (χ0n) is 15.5. The average Bonchev–Trinajstić information content (AvgIpc) is 3.36. The molecule has 2 aromatic carbocycles. The van der Waals surface area contributed by atoms with Crippen LogP contribution in [0.2, 0.25) is 0 Å². The van der Waals surface area contributed by atoms with Gasteiger partial charge in [0.1, 0.15) is 10.9 Å². The number of carbonyl (C=O) groups excluding carboxylic acids is 2. The van der Waals surface area contributed by atoms with Gasteiger partial charge in [0.2, 0.25) is 0 Å². The van der Waals surface area contributed by atoms with E-state index in [1.54, 1.807) is 28.0 Å². The van der Waals surface area contributed by atoms with Crippen LogP contribution in [0.5, 0.6) is 0 Å². The van der Waals surface area contributed by atoms with Gasteiger partial charge in [-0.2, -0.15) is 0 Å². The van der Waals surface area contributed by atoms with Gasteiger partial charge in [0.15, 0.2) is 0 Å². The lowest BCUT2D eigenvalue weighted by Gasteiger charge is -2.32. The molecule has 0 saturated carbocycles. The molecule has 5 rings (SSSR count). The van der Waals surface area contributed by atoms with Crippen molar-refractivity contribution in [1.82, 2.24) is 4.90 Å². The molecular formula is C22H14N2O2S4. The fourth-order valence-electron chi connectivity index (χ4n) is 3.32. The summed E-state index contributed by atoms with van der Waals surface area (Å²) in [6.07, 6.45) is 1.83. The number of anilines is 2. The minimum atomic E-state index is -0.222. The molecule has 1 fully saturated rings. The molecule has 2 aliphatic rings. The van der Waals surface area contributed by atoms with Crippen LogP contribution in [0.1, 0.15) is 4.88 Å². The van der Waals surface area contributed by atoms with Crippen LogP contribution in [0.25, 0.3) is 6.08 Å². The van der Waals surface area contributed by atoms with Crippen molar-refractivity contribution in [2.75, 3.05) is 11.4 Å². The summed E-state index contributed by atoms with van der Waals surface area (Å²) in [7, 11) is 0. The summed E-state index contributed by atoms with van der Waals surface area (Å²) in [6, 6.07) is 19.5. The van der Waals surface area contributed by atoms with Gasteiger partial charge in [-0.3, -0.25) is 19.4 Å². The van der Waals surface area contributed by atoms with Crippen molar-refractivity contribution in [3.8, 4) is 0 Å². The number of thiocarbonyl (C=S) groups is 1. The summed E-state index contributed by atoms with van der Waals surface area (Å²) in [5, 5.41) is 1.96. The monoisotopic (exact) mass is 466 g/mol. The minimum absolute atomic E-state index is 0.0974. The third-order valence-electron chi connectivity index (χ3n) is 4.67. The Morgan fingerprint density at radius 2 is 1.60 bits per heavy atom. The lowest BCUT2D eigenvalue weighted by atomic mass is 10.2. The smallest absolute Gasteiger partial charge is 0.266 e. The van der Waals surface area contributed by atoms with Crippen LogP contribution in [0.3, 0.4) is 0 Å². The molecule has 0 spiro atoms. The topological polar surface area (TPSA) is 40.6 Å². The van der Waals surface area contributed by atoms with Crippen LogP contribution >= 0.6 is 47.1 Å². The predicted octanol–water partition coefficient (Wildman–Crippen LogP) is 5.78. The average molecular weight is 467 g/mol. The van der Waals surface area contributed by atoms with Gasteiger partial charge in [-0.15, -0.1) is 11.3 Å². The predicted molar refractivity (Wildman–Crippen MR) is 128 cm³/mol. The van der Waals surface area contributed by atoms with Crippen LogP contribution in [0.15, 0.2) is 80.7 Å². The summed E-state index contributed by atoms with van der Waals surface area (Å²) < 4.78 is 0.407. The highest BCUT2D eigenvalue weighted by molar-refractivity contribution is 8.26. The van der Waals surface area contributed by atoms with E-state index in [2.05, 4.69) is 0 Å². The van der Waals surface area contributed by atoms with Gasteiger partial charge in [-0.25, -0.2) is 0 Å². The fraction of sp³-hybridized carbons (Fsp3) is 0.0455. The van der Waals surface area contributed by atoms with Crippen molar-refractivity contribution in [2.24, 2.45) is 0 Å². The molecule has 0 unspecified atom stereocenters. The molecule has 0 bridgehead atoms. The van der Waals surface area contributed by atoms with Crippen molar-refractivity contribution < 1.29 is 9.59 Å². The van der Waals surface area contributed by atoms with Crippen LogP contribution in [0, 0.1) is 0 Å². The number of para-hydroxylation sites is 2. The SMILES string of the molecule is O=C1C(=Cc2cccs2)SC(=S)N1CC(=O)N1c2ccccc2Sc2ccccc21. The van der Waals surface area contributed by atoms with Gasteiger partial charge in [0.05, 0.1) is 16.3 Å². The molecule has 2 amide bonds. The zero-order chi connectivity index (χ0) is 20.7. The van der Waals surface area contributed by atoms with Gasteiger partial charge < -0.3 is 0 Å². The molecule has 30 heavy (non-hydrogen) atoms. The Morgan fingerprint density at radius 1 is 0.933 bits per heavy atom. The van der Waals surface area contributed by atoms with E-state index in [1.807, 2.05) is 72.1 Å². The molecule has 0 aliphatic carbocycles. The molecule has 8 heteroatoms. The number of rotatable bonds is 3. The largest absolute Gasteiger partial charge is 0.283 e. The van der Waals surface area contributed by atoms with Gasteiger partial charge in [0.25, 0.3) is 11.8 Å². The Balaban J connectivity index is 1.45. The van der Waals surface area contributed by atoms with Crippen LogP contribution in [0.4, 0.5) is 11.4 Å². The van der Waals surface area contributed by atoms with E-state index in [1.165, 1.54) is 16.7 Å². The van der Waals surface area contributed by atoms with Crippen molar-refractivity contribution >= 4 is 80.7 Å². The van der Waals surface area contributed by atoms with Crippen LogP contribution < -0.4 is 4.90 Å². The molecule has 3 heterocycles. The third kappa shape index (κ3) is 3.50. The zero-order valence-corrected chi connectivity index (χ0v) is 18.7. The standard InChI is InChI=1S/C22H14N2O2S4/c25-20(13-23-21(26)19(30-22(23)27)12-14-6-5-11-28-14)24-15-7-1-3-9-17(15)29-18-10-4-2-8-16(18)24/h1-12H,13H2. The minimum Gasteiger partial charge on any atom is -0.283 e. The van der Waals surface area contributed by atoms with Crippen LogP contribution in [-0.2, 0) is 9.59 Å². The van der Waals surface area contributed by atoms with Crippen molar-refractivity contribution in [2.45, 2.75) is 9.79 Å². The Kier molecular flexibility index (Phi) is 5.24. The molecule has 0 radical (unpaired) electrons. The summed E-state index contributed by atoms with van der Waals surface area (Å²) in [6.45, 7) is -0.0974. The molecule has 148 valence electrons. The highest BCUT2D eigenvalue weighted by atomic mass is 32.2. The second-order valence-corrected chi connectivity index (χ2v) is 10.3. The first-order valence-electron chi connectivity index (χ1n) is 9.09. The van der Waals surface area contributed by atoms with E-state index < -0.39 is 0 Å². The molecule has 3 aromatic rings. The first-order chi connectivity index (χ1) is 14.6. The van der Waals surface area contributed by atoms with E-state index in [4.69, 9.17) is 12.2 Å². The first kappa shape index (κ1) is 19.6. The third-order valence-corrected chi connectivity index (χ3v) is 7.99. The maximum absolute atomic E-state index is 13.4. The second kappa shape index (κ2) is 8.03. The van der Waals surface area contributed by atoms with Crippen molar-refractivity contribution in [1.29, 1.82) is 0 Å². The molecule has 4 nitrogen and oxygen atoms in total. The molecule has 0 atom stereocenters. The summed E-state index contributed by atoms with van der Waals surface area (Å²) in [5.74, 6) is -0.413. The van der Waals surface area contributed by atoms with E-state index >= 15 is 0 Å². The van der Waals surface area contributed by atoms with E-state index in [0.29, 0.717) is 9.23 Å². The summed E-state index contributed by atoms with van der Waals surface area (Å²) >= 11 is 9.85. The Morgan fingerprint density at radius 3 is 2.23 bits per heavy atom. The maximum atomic E-state index is 13.4. The molecule has 1 saturated heterocycles.